The van der Waals surface area contributed by atoms with Gasteiger partial charge in [-0.15, -0.1) is 0 Å². The molecule has 1 amide bonds. The largest absolute Gasteiger partial charge is 0.326 e. The maximum absolute atomic E-state index is 13.6. The van der Waals surface area contributed by atoms with Crippen LogP contribution in [-0.4, -0.2) is 15.5 Å². The van der Waals surface area contributed by atoms with E-state index in [2.05, 4.69) is 10.3 Å². The SMILES string of the molecule is O=C(CCC1CCCC1)Nc1ccc(-c2nc3ccccc3n2C(F)F)cc1. The van der Waals surface area contributed by atoms with Gasteiger partial charge in [-0.1, -0.05) is 37.8 Å². The summed E-state index contributed by atoms with van der Waals surface area (Å²) >= 11 is 0. The van der Waals surface area contributed by atoms with Crippen LogP contribution in [0.25, 0.3) is 22.4 Å². The molecule has 6 heteroatoms. The molecule has 4 nitrogen and oxygen atoms in total. The van der Waals surface area contributed by atoms with Gasteiger partial charge >= 0.3 is 6.55 Å². The molecule has 0 bridgehead atoms. The van der Waals surface area contributed by atoms with Gasteiger partial charge < -0.3 is 5.32 Å². The second-order valence-electron chi connectivity index (χ2n) is 7.39. The molecule has 1 heterocycles. The van der Waals surface area contributed by atoms with Crippen molar-refractivity contribution >= 4 is 22.6 Å². The zero-order valence-electron chi connectivity index (χ0n) is 15.6. The van der Waals surface area contributed by atoms with E-state index in [0.29, 0.717) is 34.6 Å². The van der Waals surface area contributed by atoms with E-state index in [1.54, 1.807) is 48.5 Å². The summed E-state index contributed by atoms with van der Waals surface area (Å²) in [5.41, 5.74) is 2.18. The molecule has 0 saturated heterocycles. The minimum absolute atomic E-state index is 0.000492. The Kier molecular flexibility index (Phi) is 5.37. The first-order valence-corrected chi connectivity index (χ1v) is 9.77. The van der Waals surface area contributed by atoms with Crippen LogP contribution in [0.15, 0.2) is 48.5 Å². The number of hydrogen-bond donors (Lipinski definition) is 1. The first-order chi connectivity index (χ1) is 13.6. The van der Waals surface area contributed by atoms with E-state index >= 15 is 0 Å². The molecular formula is C22H23F2N3O. The number of carbonyl (C=O) groups is 1. The fraction of sp³-hybridized carbons (Fsp3) is 0.364. The number of fused-ring (bicyclic) bond motifs is 1. The Bertz CT molecular complexity index is 960. The van der Waals surface area contributed by atoms with Gasteiger partial charge in [-0.2, -0.15) is 8.78 Å². The van der Waals surface area contributed by atoms with E-state index in [9.17, 15) is 13.6 Å². The molecule has 0 atom stereocenters. The second-order valence-corrected chi connectivity index (χ2v) is 7.39. The highest BCUT2D eigenvalue weighted by Gasteiger charge is 2.19. The molecule has 1 aromatic heterocycles. The van der Waals surface area contributed by atoms with Crippen LogP contribution < -0.4 is 5.32 Å². The van der Waals surface area contributed by atoms with Gasteiger partial charge in [-0.05, 0) is 48.7 Å². The van der Waals surface area contributed by atoms with Crippen molar-refractivity contribution in [3.8, 4) is 11.4 Å². The normalized spacial score (nSPS) is 14.8. The van der Waals surface area contributed by atoms with Gasteiger partial charge in [0.05, 0.1) is 11.0 Å². The van der Waals surface area contributed by atoms with Gasteiger partial charge in [0.1, 0.15) is 5.82 Å². The number of halogens is 2. The monoisotopic (exact) mass is 383 g/mol. The third kappa shape index (κ3) is 3.91. The van der Waals surface area contributed by atoms with Crippen molar-refractivity contribution < 1.29 is 13.6 Å². The summed E-state index contributed by atoms with van der Waals surface area (Å²) in [7, 11) is 0. The van der Waals surface area contributed by atoms with Gasteiger partial charge in [0, 0.05) is 17.7 Å². The van der Waals surface area contributed by atoms with Crippen LogP contribution in [0, 0.1) is 5.92 Å². The number of imidazole rings is 1. The van der Waals surface area contributed by atoms with E-state index in [1.807, 2.05) is 0 Å². The van der Waals surface area contributed by atoms with Crippen molar-refractivity contribution in [2.75, 3.05) is 5.32 Å². The van der Waals surface area contributed by atoms with Crippen molar-refractivity contribution in [2.45, 2.75) is 45.1 Å². The molecule has 0 spiro atoms. The molecule has 1 saturated carbocycles. The van der Waals surface area contributed by atoms with Crippen LogP contribution in [0.2, 0.25) is 0 Å². The molecule has 146 valence electrons. The second kappa shape index (κ2) is 8.09. The predicted molar refractivity (Wildman–Crippen MR) is 106 cm³/mol. The first kappa shape index (κ1) is 18.6. The fourth-order valence-corrected chi connectivity index (χ4v) is 4.01. The summed E-state index contributed by atoms with van der Waals surface area (Å²) in [6, 6.07) is 13.7. The Morgan fingerprint density at radius 2 is 1.82 bits per heavy atom. The van der Waals surface area contributed by atoms with Gasteiger partial charge in [0.25, 0.3) is 0 Å². The van der Waals surface area contributed by atoms with Crippen molar-refractivity contribution in [1.29, 1.82) is 0 Å². The Labute approximate surface area is 162 Å². The Hall–Kier alpha value is -2.76. The summed E-state index contributed by atoms with van der Waals surface area (Å²) in [5, 5.41) is 2.89. The highest BCUT2D eigenvalue weighted by molar-refractivity contribution is 5.91. The smallest absolute Gasteiger partial charge is 0.320 e. The van der Waals surface area contributed by atoms with Gasteiger partial charge in [-0.3, -0.25) is 9.36 Å². The number of alkyl halides is 2. The highest BCUT2D eigenvalue weighted by atomic mass is 19.3. The number of anilines is 1. The van der Waals surface area contributed by atoms with E-state index in [4.69, 9.17) is 0 Å². The van der Waals surface area contributed by atoms with Gasteiger partial charge in [0.2, 0.25) is 5.91 Å². The zero-order chi connectivity index (χ0) is 19.5. The Morgan fingerprint density at radius 3 is 2.54 bits per heavy atom. The number of nitrogens with one attached hydrogen (secondary N) is 1. The minimum Gasteiger partial charge on any atom is -0.326 e. The molecule has 4 rings (SSSR count). The van der Waals surface area contributed by atoms with Gasteiger partial charge in [0.15, 0.2) is 0 Å². The lowest BCUT2D eigenvalue weighted by Gasteiger charge is -2.10. The quantitative estimate of drug-likeness (QED) is 0.567. The fourth-order valence-electron chi connectivity index (χ4n) is 4.01. The number of nitrogens with zero attached hydrogens (tertiary/aromatic N) is 2. The van der Waals surface area contributed by atoms with Crippen LogP contribution in [-0.2, 0) is 4.79 Å². The lowest BCUT2D eigenvalue weighted by Crippen LogP contribution is -2.12. The molecule has 1 fully saturated rings. The minimum atomic E-state index is -2.68. The third-order valence-electron chi connectivity index (χ3n) is 5.47. The van der Waals surface area contributed by atoms with Gasteiger partial charge in [-0.25, -0.2) is 4.98 Å². The standard InChI is InChI=1S/C22H23F2N3O/c23-22(24)27-19-8-4-3-7-18(19)26-21(27)16-10-12-17(13-11-16)25-20(28)14-9-15-5-1-2-6-15/h3-4,7-8,10-13,15,22H,1-2,5-6,9,14H2,(H,25,28). The predicted octanol–water partition coefficient (Wildman–Crippen LogP) is 6.01. The van der Waals surface area contributed by atoms with E-state index < -0.39 is 6.55 Å². The molecule has 0 radical (unpaired) electrons. The maximum Gasteiger partial charge on any atom is 0.320 e. The van der Waals surface area contributed by atoms with Crippen molar-refractivity contribution in [3.63, 3.8) is 0 Å². The molecule has 3 aromatic rings. The summed E-state index contributed by atoms with van der Waals surface area (Å²) in [4.78, 5) is 16.5. The van der Waals surface area contributed by atoms with E-state index in [0.717, 1.165) is 11.0 Å². The van der Waals surface area contributed by atoms with Crippen molar-refractivity contribution in [1.82, 2.24) is 9.55 Å². The number of rotatable bonds is 6. The number of carbonyl (C=O) groups excluding carboxylic acids is 1. The molecule has 2 aromatic carbocycles. The molecule has 1 aliphatic carbocycles. The maximum atomic E-state index is 13.6. The number of aromatic nitrogens is 2. The molecule has 0 unspecified atom stereocenters. The van der Waals surface area contributed by atoms with Crippen LogP contribution in [0.1, 0.15) is 45.1 Å². The van der Waals surface area contributed by atoms with E-state index in [-0.39, 0.29) is 11.7 Å². The zero-order valence-corrected chi connectivity index (χ0v) is 15.6. The first-order valence-electron chi connectivity index (χ1n) is 9.77. The Morgan fingerprint density at radius 1 is 1.11 bits per heavy atom. The summed E-state index contributed by atoms with van der Waals surface area (Å²) in [6.45, 7) is -2.68. The summed E-state index contributed by atoms with van der Waals surface area (Å²) in [5.74, 6) is 0.894. The van der Waals surface area contributed by atoms with Crippen molar-refractivity contribution in [3.05, 3.63) is 48.5 Å². The van der Waals surface area contributed by atoms with Crippen molar-refractivity contribution in [2.24, 2.45) is 5.92 Å². The number of amides is 1. The van der Waals surface area contributed by atoms with Crippen LogP contribution in [0.4, 0.5) is 14.5 Å². The molecular weight excluding hydrogens is 360 g/mol. The number of para-hydroxylation sites is 2. The summed E-state index contributed by atoms with van der Waals surface area (Å²) < 4.78 is 28.1. The lowest BCUT2D eigenvalue weighted by atomic mass is 10.0. The number of benzene rings is 2. The molecule has 0 aliphatic heterocycles. The molecule has 1 N–H and O–H groups in total. The Balaban J connectivity index is 1.48. The topological polar surface area (TPSA) is 46.9 Å². The number of hydrogen-bond acceptors (Lipinski definition) is 2. The van der Waals surface area contributed by atoms with Crippen LogP contribution >= 0.6 is 0 Å². The molecule has 1 aliphatic rings. The summed E-state index contributed by atoms with van der Waals surface area (Å²) in [6.07, 6.45) is 6.46. The van der Waals surface area contributed by atoms with Crippen LogP contribution in [0.5, 0.6) is 0 Å². The van der Waals surface area contributed by atoms with Crippen LogP contribution in [0.3, 0.4) is 0 Å². The highest BCUT2D eigenvalue weighted by Crippen LogP contribution is 2.31. The average molecular weight is 383 g/mol. The molecule has 28 heavy (non-hydrogen) atoms. The third-order valence-corrected chi connectivity index (χ3v) is 5.47. The van der Waals surface area contributed by atoms with E-state index in [1.165, 1.54) is 25.7 Å². The lowest BCUT2D eigenvalue weighted by molar-refractivity contribution is -0.116. The average Bonchev–Trinajstić information content (AvgIpc) is 3.34.